The molecule has 0 saturated carbocycles. The zero-order valence-electron chi connectivity index (χ0n) is 7.11. The van der Waals surface area contributed by atoms with Crippen molar-refractivity contribution in [3.8, 4) is 5.75 Å². The Morgan fingerprint density at radius 1 is 1.46 bits per heavy atom. The molecule has 3 nitrogen and oxygen atoms in total. The first kappa shape index (κ1) is 10.2. The average Bonchev–Trinajstić information content (AvgIpc) is 2.03. The summed E-state index contributed by atoms with van der Waals surface area (Å²) in [6.07, 6.45) is 0. The smallest absolute Gasteiger partial charge is 0.373 e. The standard InChI is InChI=1S/C8H10FO3P/c1-13(10,11)12-8-4-2-7(6-9)3-5-8/h2-5H,6H2,1H3,(H,10,11). The van der Waals surface area contributed by atoms with Crippen molar-refractivity contribution < 1.29 is 18.4 Å². The Hall–Kier alpha value is -0.860. The quantitative estimate of drug-likeness (QED) is 0.768. The van der Waals surface area contributed by atoms with E-state index in [0.717, 1.165) is 6.66 Å². The van der Waals surface area contributed by atoms with E-state index in [1.165, 1.54) is 24.3 Å². The fourth-order valence-electron chi connectivity index (χ4n) is 0.835. The Kier molecular flexibility index (Phi) is 3.07. The zero-order valence-corrected chi connectivity index (χ0v) is 8.00. The lowest BCUT2D eigenvalue weighted by Crippen LogP contribution is -1.89. The molecule has 0 aliphatic rings. The summed E-state index contributed by atoms with van der Waals surface area (Å²) in [5.41, 5.74) is 0.510. The van der Waals surface area contributed by atoms with Gasteiger partial charge in [0.05, 0.1) is 0 Å². The van der Waals surface area contributed by atoms with Crippen molar-refractivity contribution in [1.29, 1.82) is 0 Å². The van der Waals surface area contributed by atoms with E-state index in [9.17, 15) is 8.96 Å². The molecule has 5 heteroatoms. The maximum absolute atomic E-state index is 12.0. The maximum atomic E-state index is 12.0. The molecule has 0 fully saturated rings. The first-order chi connectivity index (χ1) is 6.01. The lowest BCUT2D eigenvalue weighted by Gasteiger charge is -2.08. The number of alkyl halides is 1. The van der Waals surface area contributed by atoms with Gasteiger partial charge in [-0.2, -0.15) is 0 Å². The van der Waals surface area contributed by atoms with Gasteiger partial charge in [-0.25, -0.2) is 8.96 Å². The molecule has 0 aliphatic heterocycles. The van der Waals surface area contributed by atoms with Crippen molar-refractivity contribution >= 4 is 7.60 Å². The van der Waals surface area contributed by atoms with Crippen LogP contribution < -0.4 is 4.52 Å². The molecule has 13 heavy (non-hydrogen) atoms. The van der Waals surface area contributed by atoms with Crippen molar-refractivity contribution in [2.45, 2.75) is 6.67 Å². The molecule has 72 valence electrons. The molecule has 0 saturated heterocycles. The van der Waals surface area contributed by atoms with Crippen molar-refractivity contribution in [2.75, 3.05) is 6.66 Å². The van der Waals surface area contributed by atoms with Gasteiger partial charge >= 0.3 is 7.60 Å². The lowest BCUT2D eigenvalue weighted by atomic mass is 10.2. The third-order valence-electron chi connectivity index (χ3n) is 1.35. The minimum absolute atomic E-state index is 0.269. The Morgan fingerprint density at radius 2 is 2.00 bits per heavy atom. The summed E-state index contributed by atoms with van der Waals surface area (Å²) in [5, 5.41) is 0. The highest BCUT2D eigenvalue weighted by Gasteiger charge is 2.10. The summed E-state index contributed by atoms with van der Waals surface area (Å²) >= 11 is 0. The van der Waals surface area contributed by atoms with Crippen LogP contribution in [0.1, 0.15) is 5.56 Å². The molecule has 0 aliphatic carbocycles. The van der Waals surface area contributed by atoms with Crippen LogP contribution in [0.5, 0.6) is 5.75 Å². The zero-order chi connectivity index (χ0) is 9.90. The number of rotatable bonds is 3. The molecule has 0 radical (unpaired) electrons. The largest absolute Gasteiger partial charge is 0.425 e. The van der Waals surface area contributed by atoms with Crippen molar-refractivity contribution in [2.24, 2.45) is 0 Å². The number of hydrogen-bond donors (Lipinski definition) is 1. The van der Waals surface area contributed by atoms with Gasteiger partial charge in [-0.3, -0.25) is 0 Å². The molecule has 0 heterocycles. The predicted octanol–water partition coefficient (Wildman–Crippen LogP) is 2.35. The molecule has 1 aromatic carbocycles. The lowest BCUT2D eigenvalue weighted by molar-refractivity contribution is 0.387. The second-order valence-electron chi connectivity index (χ2n) is 2.67. The molecule has 0 aromatic heterocycles. The molecule has 1 aromatic rings. The Balaban J connectivity index is 2.76. The van der Waals surface area contributed by atoms with Gasteiger partial charge in [-0.15, -0.1) is 0 Å². The molecule has 0 spiro atoms. The second kappa shape index (κ2) is 3.90. The SMILES string of the molecule is CP(=O)(O)Oc1ccc(CF)cc1. The molecular weight excluding hydrogens is 194 g/mol. The van der Waals surface area contributed by atoms with E-state index in [-0.39, 0.29) is 5.75 Å². The van der Waals surface area contributed by atoms with Gasteiger partial charge in [-0.1, -0.05) is 12.1 Å². The van der Waals surface area contributed by atoms with Crippen molar-refractivity contribution in [3.63, 3.8) is 0 Å². The van der Waals surface area contributed by atoms with E-state index < -0.39 is 14.3 Å². The van der Waals surface area contributed by atoms with E-state index in [0.29, 0.717) is 5.56 Å². The second-order valence-corrected chi connectivity index (χ2v) is 4.46. The van der Waals surface area contributed by atoms with Crippen LogP contribution >= 0.6 is 7.60 Å². The molecule has 1 rings (SSSR count). The summed E-state index contributed by atoms with van der Waals surface area (Å²) in [7, 11) is -3.50. The maximum Gasteiger partial charge on any atom is 0.373 e. The van der Waals surface area contributed by atoms with Gasteiger partial charge in [0, 0.05) is 6.66 Å². The minimum atomic E-state index is -3.50. The average molecular weight is 204 g/mol. The minimum Gasteiger partial charge on any atom is -0.425 e. The fourth-order valence-corrected chi connectivity index (χ4v) is 1.35. The summed E-state index contributed by atoms with van der Waals surface area (Å²) < 4.78 is 27.5. The van der Waals surface area contributed by atoms with Gasteiger partial charge < -0.3 is 9.42 Å². The van der Waals surface area contributed by atoms with Gasteiger partial charge in [0.15, 0.2) is 0 Å². The highest BCUT2D eigenvalue weighted by atomic mass is 31.2. The third kappa shape index (κ3) is 3.57. The first-order valence-electron chi connectivity index (χ1n) is 3.66. The van der Waals surface area contributed by atoms with Crippen LogP contribution in [0.4, 0.5) is 4.39 Å². The summed E-state index contributed by atoms with van der Waals surface area (Å²) in [6, 6.07) is 5.93. The number of benzene rings is 1. The fraction of sp³-hybridized carbons (Fsp3) is 0.250. The number of hydrogen-bond acceptors (Lipinski definition) is 2. The third-order valence-corrected chi connectivity index (χ3v) is 1.90. The van der Waals surface area contributed by atoms with Gasteiger partial charge in [0.1, 0.15) is 12.4 Å². The van der Waals surface area contributed by atoms with E-state index in [4.69, 9.17) is 4.89 Å². The van der Waals surface area contributed by atoms with Crippen molar-refractivity contribution in [3.05, 3.63) is 29.8 Å². The predicted molar refractivity (Wildman–Crippen MR) is 47.6 cm³/mol. The summed E-state index contributed by atoms with van der Waals surface area (Å²) in [4.78, 5) is 8.86. The molecule has 1 atom stereocenters. The van der Waals surface area contributed by atoms with E-state index in [1.54, 1.807) is 0 Å². The van der Waals surface area contributed by atoms with Gasteiger partial charge in [0.2, 0.25) is 0 Å². The van der Waals surface area contributed by atoms with E-state index in [2.05, 4.69) is 4.52 Å². The Bertz CT molecular complexity index is 317. The van der Waals surface area contributed by atoms with Gasteiger partial charge in [-0.05, 0) is 17.7 Å². The molecule has 1 N–H and O–H groups in total. The van der Waals surface area contributed by atoms with Crippen LogP contribution in [-0.2, 0) is 11.2 Å². The van der Waals surface area contributed by atoms with Crippen LogP contribution in [0.15, 0.2) is 24.3 Å². The summed E-state index contributed by atoms with van der Waals surface area (Å²) in [6.45, 7) is 0.541. The summed E-state index contributed by atoms with van der Waals surface area (Å²) in [5.74, 6) is 0.269. The van der Waals surface area contributed by atoms with Gasteiger partial charge in [0.25, 0.3) is 0 Å². The van der Waals surface area contributed by atoms with Crippen molar-refractivity contribution in [1.82, 2.24) is 0 Å². The van der Waals surface area contributed by atoms with E-state index >= 15 is 0 Å². The van der Waals surface area contributed by atoms with Crippen LogP contribution in [0, 0.1) is 0 Å². The highest BCUT2D eigenvalue weighted by Crippen LogP contribution is 2.37. The van der Waals surface area contributed by atoms with Crippen LogP contribution in [0.25, 0.3) is 0 Å². The van der Waals surface area contributed by atoms with E-state index in [1.807, 2.05) is 0 Å². The molecule has 1 unspecified atom stereocenters. The van der Waals surface area contributed by atoms with Crippen LogP contribution in [0.3, 0.4) is 0 Å². The Labute approximate surface area is 75.7 Å². The highest BCUT2D eigenvalue weighted by molar-refractivity contribution is 7.52. The van der Waals surface area contributed by atoms with Crippen LogP contribution in [0.2, 0.25) is 0 Å². The molecule has 0 amide bonds. The first-order valence-corrected chi connectivity index (χ1v) is 5.68. The normalized spacial score (nSPS) is 15.0. The van der Waals surface area contributed by atoms with Crippen LogP contribution in [-0.4, -0.2) is 11.6 Å². The number of halogens is 1. The Morgan fingerprint density at radius 3 is 2.38 bits per heavy atom. The topological polar surface area (TPSA) is 46.5 Å². The monoisotopic (exact) mass is 204 g/mol. The molecular formula is C8H10FO3P. The molecule has 0 bridgehead atoms.